The van der Waals surface area contributed by atoms with E-state index >= 15 is 0 Å². The number of pyridine rings is 1. The minimum absolute atomic E-state index is 0. The maximum absolute atomic E-state index is 13.5. The molecule has 2 nitrogen and oxygen atoms in total. The van der Waals surface area contributed by atoms with Gasteiger partial charge in [0.1, 0.15) is 5.65 Å². The van der Waals surface area contributed by atoms with Crippen molar-refractivity contribution in [3.8, 4) is 0 Å². The monoisotopic (exact) mass is 247 g/mol. The minimum Gasteiger partial charge on any atom is -0.356 e. The van der Waals surface area contributed by atoms with E-state index < -0.39 is 0 Å². The predicted molar refractivity (Wildman–Crippen MR) is 51.6 cm³/mol. The van der Waals surface area contributed by atoms with Gasteiger partial charge in [-0.15, -0.1) is 0 Å². The molecule has 15 heavy (non-hydrogen) atoms. The molecular weight excluding hydrogens is 238 g/mol. The third-order valence-corrected chi connectivity index (χ3v) is 2.70. The quantitative estimate of drug-likeness (QED) is 0.559. The van der Waals surface area contributed by atoms with Gasteiger partial charge in [-0.2, -0.15) is 0 Å². The molecule has 0 N–H and O–H groups in total. The number of aromatic nitrogens is 2. The molecule has 0 aliphatic heterocycles. The normalized spacial score (nSPS) is 15.3. The van der Waals surface area contributed by atoms with Gasteiger partial charge in [0.25, 0.3) is 0 Å². The Morgan fingerprint density at radius 3 is 2.80 bits per heavy atom. The second-order valence-electron chi connectivity index (χ2n) is 3.81. The van der Waals surface area contributed by atoms with Crippen LogP contribution in [0.5, 0.6) is 0 Å². The van der Waals surface area contributed by atoms with Crippen LogP contribution in [0.15, 0.2) is 18.3 Å². The van der Waals surface area contributed by atoms with E-state index in [0.717, 1.165) is 0 Å². The maximum atomic E-state index is 13.5. The van der Waals surface area contributed by atoms with E-state index in [0.29, 0.717) is 11.6 Å². The molecule has 0 radical (unpaired) electrons. The Bertz CT molecular complexity index is 503. The van der Waals surface area contributed by atoms with Crippen molar-refractivity contribution in [1.82, 2.24) is 9.38 Å². The summed E-state index contributed by atoms with van der Waals surface area (Å²) in [5, 5.41) is 0. The van der Waals surface area contributed by atoms with Crippen molar-refractivity contribution in [2.45, 2.75) is 18.8 Å². The molecule has 80 valence electrons. The van der Waals surface area contributed by atoms with Crippen LogP contribution in [-0.4, -0.2) is 9.38 Å². The first-order chi connectivity index (χ1) is 6.75. The maximum Gasteiger partial charge on any atom is 2.00 e. The Hall–Kier alpha value is -1.02. The average Bonchev–Trinajstić information content (AvgIpc) is 2.97. The Labute approximate surface area is 97.4 Å². The van der Waals surface area contributed by atoms with Gasteiger partial charge >= 0.3 is 16.5 Å². The standard InChI is InChI=1S/C11H10FN2.Ni/c1-7-11(12)14-6-9(8-2-3-8)4-5-10(14)13-7;/h4-6,8H,1-3H2;/q-1;+2. The topological polar surface area (TPSA) is 17.3 Å². The number of rotatable bonds is 1. The molecule has 0 atom stereocenters. The van der Waals surface area contributed by atoms with Crippen LogP contribution in [0.3, 0.4) is 0 Å². The molecule has 1 aliphatic rings. The Kier molecular flexibility index (Phi) is 2.47. The number of fused-ring (bicyclic) bond motifs is 1. The van der Waals surface area contributed by atoms with Crippen molar-refractivity contribution >= 4 is 5.65 Å². The van der Waals surface area contributed by atoms with Crippen molar-refractivity contribution in [3.63, 3.8) is 0 Å². The zero-order valence-corrected chi connectivity index (χ0v) is 9.01. The van der Waals surface area contributed by atoms with Gasteiger partial charge in [-0.05, 0) is 42.3 Å². The smallest absolute Gasteiger partial charge is 0.356 e. The Balaban J connectivity index is 0.000000853. The third kappa shape index (κ3) is 1.63. The molecule has 1 aliphatic carbocycles. The summed E-state index contributed by atoms with van der Waals surface area (Å²) in [4.78, 5) is 4.01. The summed E-state index contributed by atoms with van der Waals surface area (Å²) in [7, 11) is 0. The molecular formula is C11H10FN2Ni+. The van der Waals surface area contributed by atoms with E-state index in [1.54, 1.807) is 0 Å². The number of hydrogen-bond donors (Lipinski definition) is 0. The molecule has 3 rings (SSSR count). The average molecular weight is 248 g/mol. The van der Waals surface area contributed by atoms with E-state index in [1.807, 2.05) is 18.3 Å². The fourth-order valence-corrected chi connectivity index (χ4v) is 1.74. The van der Waals surface area contributed by atoms with Crippen molar-refractivity contribution in [2.24, 2.45) is 0 Å². The Morgan fingerprint density at radius 2 is 2.13 bits per heavy atom. The first-order valence-electron chi connectivity index (χ1n) is 4.75. The number of nitrogens with zero attached hydrogens (tertiary/aromatic N) is 2. The van der Waals surface area contributed by atoms with E-state index in [-0.39, 0.29) is 28.1 Å². The fourth-order valence-electron chi connectivity index (χ4n) is 1.74. The van der Waals surface area contributed by atoms with E-state index in [4.69, 9.17) is 0 Å². The SMILES string of the molecule is [CH2-]c1nc2ccc(C3CC3)cn2c1F.[Ni+2]. The number of imidazole rings is 1. The van der Waals surface area contributed by atoms with Gasteiger partial charge in [-0.1, -0.05) is 6.07 Å². The van der Waals surface area contributed by atoms with Gasteiger partial charge in [0.15, 0.2) is 0 Å². The van der Waals surface area contributed by atoms with Gasteiger partial charge in [0.05, 0.1) is 5.95 Å². The van der Waals surface area contributed by atoms with Crippen LogP contribution in [-0.2, 0) is 16.5 Å². The van der Waals surface area contributed by atoms with Gasteiger partial charge < -0.3 is 4.40 Å². The van der Waals surface area contributed by atoms with Crippen LogP contribution >= 0.6 is 0 Å². The second-order valence-corrected chi connectivity index (χ2v) is 3.81. The van der Waals surface area contributed by atoms with Crippen LogP contribution in [0, 0.1) is 12.9 Å². The van der Waals surface area contributed by atoms with Crippen molar-refractivity contribution in [2.75, 3.05) is 0 Å². The molecule has 0 aromatic carbocycles. The summed E-state index contributed by atoms with van der Waals surface area (Å²) in [5.41, 5.74) is 2.06. The first-order valence-corrected chi connectivity index (χ1v) is 4.75. The van der Waals surface area contributed by atoms with Crippen molar-refractivity contribution < 1.29 is 20.9 Å². The third-order valence-electron chi connectivity index (χ3n) is 2.70. The molecule has 0 saturated heterocycles. The van der Waals surface area contributed by atoms with Crippen LogP contribution < -0.4 is 0 Å². The van der Waals surface area contributed by atoms with Crippen LogP contribution in [0.25, 0.3) is 5.65 Å². The van der Waals surface area contributed by atoms with Crippen molar-refractivity contribution in [3.05, 3.63) is 42.5 Å². The molecule has 0 unspecified atom stereocenters. The minimum atomic E-state index is -0.345. The second kappa shape index (κ2) is 3.53. The molecule has 0 bridgehead atoms. The summed E-state index contributed by atoms with van der Waals surface area (Å²) in [6.07, 6.45) is 4.28. The molecule has 2 aromatic heterocycles. The largest absolute Gasteiger partial charge is 2.00 e. The van der Waals surface area contributed by atoms with Crippen LogP contribution in [0.1, 0.15) is 30.0 Å². The van der Waals surface area contributed by atoms with Gasteiger partial charge in [0, 0.05) is 0 Å². The van der Waals surface area contributed by atoms with Gasteiger partial charge in [0.2, 0.25) is 0 Å². The molecule has 2 heterocycles. The molecule has 4 heteroatoms. The summed E-state index contributed by atoms with van der Waals surface area (Å²) >= 11 is 0. The summed E-state index contributed by atoms with van der Waals surface area (Å²) in [6.45, 7) is 3.54. The van der Waals surface area contributed by atoms with Crippen LogP contribution in [0.4, 0.5) is 4.39 Å². The first kappa shape index (κ1) is 10.5. The predicted octanol–water partition coefficient (Wildman–Crippen LogP) is 2.53. The molecule has 1 saturated carbocycles. The number of halogens is 1. The Morgan fingerprint density at radius 1 is 1.40 bits per heavy atom. The zero-order chi connectivity index (χ0) is 9.71. The van der Waals surface area contributed by atoms with E-state index in [2.05, 4.69) is 11.9 Å². The van der Waals surface area contributed by atoms with Crippen molar-refractivity contribution in [1.29, 1.82) is 0 Å². The molecule has 0 spiro atoms. The summed E-state index contributed by atoms with van der Waals surface area (Å²) < 4.78 is 14.9. The van der Waals surface area contributed by atoms with Crippen LogP contribution in [0.2, 0.25) is 0 Å². The summed E-state index contributed by atoms with van der Waals surface area (Å²) in [5.74, 6) is 0.289. The van der Waals surface area contributed by atoms with E-state index in [1.165, 1.54) is 22.8 Å². The molecule has 0 amide bonds. The zero-order valence-electron chi connectivity index (χ0n) is 8.02. The fraction of sp³-hybridized carbons (Fsp3) is 0.273. The van der Waals surface area contributed by atoms with E-state index in [9.17, 15) is 4.39 Å². The van der Waals surface area contributed by atoms with Gasteiger partial charge in [-0.3, -0.25) is 9.37 Å². The molecule has 2 aromatic rings. The molecule has 1 fully saturated rings. The number of hydrogen-bond acceptors (Lipinski definition) is 1. The van der Waals surface area contributed by atoms with Gasteiger partial charge in [-0.25, -0.2) is 6.92 Å². The summed E-state index contributed by atoms with van der Waals surface area (Å²) in [6, 6.07) is 3.88.